The number of piperidine rings is 1. The van der Waals surface area contributed by atoms with Crippen LogP contribution < -0.4 is 10.6 Å². The number of nitrogens with one attached hydrogen (secondary N) is 2. The van der Waals surface area contributed by atoms with Crippen LogP contribution in [0.5, 0.6) is 0 Å². The van der Waals surface area contributed by atoms with Crippen LogP contribution in [-0.4, -0.2) is 34.8 Å². The zero-order valence-electron chi connectivity index (χ0n) is 13.6. The summed E-state index contributed by atoms with van der Waals surface area (Å²) in [5.41, 5.74) is 1.94. The average molecular weight is 334 g/mol. The number of hydrogen-bond donors (Lipinski definition) is 2. The predicted octanol–water partition coefficient (Wildman–Crippen LogP) is 1.88. The number of halogens is 2. The molecular formula is C17H20F2N4O. The lowest BCUT2D eigenvalue weighted by molar-refractivity contribution is 0.0915. The molecule has 2 heterocycles. The maximum absolute atomic E-state index is 13.6. The molecule has 7 heteroatoms. The quantitative estimate of drug-likeness (QED) is 0.901. The number of amides is 1. The molecule has 0 bridgehead atoms. The first kappa shape index (κ1) is 16.6. The summed E-state index contributed by atoms with van der Waals surface area (Å²) in [5.74, 6) is -2.02. The molecule has 0 radical (unpaired) electrons. The van der Waals surface area contributed by atoms with Gasteiger partial charge in [-0.05, 0) is 43.7 Å². The Labute approximate surface area is 139 Å². The van der Waals surface area contributed by atoms with Gasteiger partial charge in [-0.15, -0.1) is 0 Å². The zero-order valence-corrected chi connectivity index (χ0v) is 13.6. The lowest BCUT2D eigenvalue weighted by atomic mass is 9.86. The molecule has 1 fully saturated rings. The third kappa shape index (κ3) is 3.31. The van der Waals surface area contributed by atoms with E-state index in [1.807, 2.05) is 6.92 Å². The molecule has 24 heavy (non-hydrogen) atoms. The second kappa shape index (κ2) is 6.68. The number of aryl methyl sites for hydroxylation is 2. The summed E-state index contributed by atoms with van der Waals surface area (Å²) in [6.45, 7) is 3.16. The Hall–Kier alpha value is -2.28. The lowest BCUT2D eigenvalue weighted by Gasteiger charge is -2.33. The van der Waals surface area contributed by atoms with E-state index in [1.54, 1.807) is 19.2 Å². The van der Waals surface area contributed by atoms with Crippen LogP contribution in [-0.2, 0) is 7.05 Å². The minimum atomic E-state index is -0.863. The summed E-state index contributed by atoms with van der Waals surface area (Å²) < 4.78 is 28.3. The molecule has 1 saturated heterocycles. The molecule has 128 valence electrons. The average Bonchev–Trinajstić information content (AvgIpc) is 2.89. The summed E-state index contributed by atoms with van der Waals surface area (Å²) in [6.07, 6.45) is 0.737. The molecule has 1 amide bonds. The largest absolute Gasteiger partial charge is 0.346 e. The van der Waals surface area contributed by atoms with Crippen molar-refractivity contribution >= 4 is 5.91 Å². The Kier molecular flexibility index (Phi) is 4.62. The minimum Gasteiger partial charge on any atom is -0.346 e. The molecule has 1 aromatic carbocycles. The van der Waals surface area contributed by atoms with E-state index in [0.717, 1.165) is 24.7 Å². The molecule has 2 N–H and O–H groups in total. The van der Waals surface area contributed by atoms with Crippen LogP contribution in [0.2, 0.25) is 0 Å². The smallest absolute Gasteiger partial charge is 0.269 e. The van der Waals surface area contributed by atoms with Gasteiger partial charge in [-0.25, -0.2) is 8.78 Å². The summed E-state index contributed by atoms with van der Waals surface area (Å²) in [5, 5.41) is 10.4. The first-order chi connectivity index (χ1) is 11.5. The number of carbonyl (C=O) groups excluding carboxylic acids is 1. The van der Waals surface area contributed by atoms with E-state index < -0.39 is 11.6 Å². The first-order valence-corrected chi connectivity index (χ1v) is 7.93. The van der Waals surface area contributed by atoms with Crippen LogP contribution in [0.3, 0.4) is 0 Å². The number of nitrogens with zero attached hydrogens (tertiary/aromatic N) is 2. The minimum absolute atomic E-state index is 0.0698. The van der Waals surface area contributed by atoms with Crippen molar-refractivity contribution < 1.29 is 13.6 Å². The highest BCUT2D eigenvalue weighted by Crippen LogP contribution is 2.27. The molecule has 0 aliphatic carbocycles. The van der Waals surface area contributed by atoms with E-state index >= 15 is 0 Å². The number of rotatable bonds is 3. The van der Waals surface area contributed by atoms with Crippen molar-refractivity contribution in [3.63, 3.8) is 0 Å². The van der Waals surface area contributed by atoms with Crippen LogP contribution in [0.1, 0.15) is 34.1 Å². The van der Waals surface area contributed by atoms with Crippen LogP contribution in [0.15, 0.2) is 24.3 Å². The van der Waals surface area contributed by atoms with Crippen LogP contribution in [0, 0.1) is 18.6 Å². The highest BCUT2D eigenvalue weighted by atomic mass is 19.2. The Morgan fingerprint density at radius 3 is 2.79 bits per heavy atom. The fourth-order valence-corrected chi connectivity index (χ4v) is 3.22. The van der Waals surface area contributed by atoms with Gasteiger partial charge in [0.05, 0.1) is 5.69 Å². The Morgan fingerprint density at radius 1 is 1.33 bits per heavy atom. The Balaban J connectivity index is 1.80. The Morgan fingerprint density at radius 2 is 2.12 bits per heavy atom. The molecule has 2 unspecified atom stereocenters. The number of benzene rings is 1. The normalized spacial score (nSPS) is 20.8. The van der Waals surface area contributed by atoms with E-state index in [-0.39, 0.29) is 17.9 Å². The number of carbonyl (C=O) groups is 1. The third-order valence-corrected chi connectivity index (χ3v) is 4.40. The molecular weight excluding hydrogens is 314 g/mol. The van der Waals surface area contributed by atoms with Crippen molar-refractivity contribution in [3.8, 4) is 0 Å². The predicted molar refractivity (Wildman–Crippen MR) is 85.8 cm³/mol. The second-order valence-electron chi connectivity index (χ2n) is 6.15. The van der Waals surface area contributed by atoms with E-state index in [9.17, 15) is 13.6 Å². The lowest BCUT2D eigenvalue weighted by Crippen LogP contribution is -2.50. The fourth-order valence-electron chi connectivity index (χ4n) is 3.22. The van der Waals surface area contributed by atoms with Gasteiger partial charge in [-0.2, -0.15) is 5.10 Å². The third-order valence-electron chi connectivity index (χ3n) is 4.40. The summed E-state index contributed by atoms with van der Waals surface area (Å²) >= 11 is 0. The number of hydrogen-bond acceptors (Lipinski definition) is 3. The van der Waals surface area contributed by atoms with Crippen LogP contribution in [0.25, 0.3) is 0 Å². The topological polar surface area (TPSA) is 59.0 Å². The maximum Gasteiger partial charge on any atom is 0.269 e. The highest BCUT2D eigenvalue weighted by molar-refractivity contribution is 5.93. The highest BCUT2D eigenvalue weighted by Gasteiger charge is 2.29. The van der Waals surface area contributed by atoms with Crippen molar-refractivity contribution in [2.24, 2.45) is 7.05 Å². The van der Waals surface area contributed by atoms with Crippen molar-refractivity contribution in [2.45, 2.75) is 25.3 Å². The van der Waals surface area contributed by atoms with Gasteiger partial charge in [0.15, 0.2) is 11.6 Å². The fraction of sp³-hybridized carbons (Fsp3) is 0.412. The SMILES string of the molecule is Cc1cc(C(=O)NC2CNCCC2c2ccc(F)c(F)c2)n(C)n1. The standard InChI is InChI=1S/C17H20F2N4O/c1-10-7-16(23(2)22-10)17(24)21-15-9-20-6-5-12(15)11-3-4-13(18)14(19)8-11/h3-4,7-8,12,15,20H,5-6,9H2,1-2H3,(H,21,24). The van der Waals surface area contributed by atoms with Gasteiger partial charge in [0, 0.05) is 25.6 Å². The van der Waals surface area contributed by atoms with Crippen LogP contribution >= 0.6 is 0 Å². The molecule has 2 atom stereocenters. The second-order valence-corrected chi connectivity index (χ2v) is 6.15. The van der Waals surface area contributed by atoms with Gasteiger partial charge in [0.2, 0.25) is 0 Å². The van der Waals surface area contributed by atoms with E-state index in [0.29, 0.717) is 17.8 Å². The molecule has 1 aromatic heterocycles. The molecule has 5 nitrogen and oxygen atoms in total. The van der Waals surface area contributed by atoms with Crippen molar-refractivity contribution in [2.75, 3.05) is 13.1 Å². The molecule has 0 saturated carbocycles. The molecule has 0 spiro atoms. The molecule has 1 aliphatic rings. The van der Waals surface area contributed by atoms with E-state index in [1.165, 1.54) is 10.7 Å². The zero-order chi connectivity index (χ0) is 17.3. The van der Waals surface area contributed by atoms with Crippen molar-refractivity contribution in [3.05, 3.63) is 52.9 Å². The molecule has 2 aromatic rings. The van der Waals surface area contributed by atoms with E-state index in [2.05, 4.69) is 15.7 Å². The van der Waals surface area contributed by atoms with Crippen LogP contribution in [0.4, 0.5) is 8.78 Å². The first-order valence-electron chi connectivity index (χ1n) is 7.93. The number of aromatic nitrogens is 2. The maximum atomic E-state index is 13.6. The van der Waals surface area contributed by atoms with Gasteiger partial charge < -0.3 is 10.6 Å². The summed E-state index contributed by atoms with van der Waals surface area (Å²) in [4.78, 5) is 12.5. The van der Waals surface area contributed by atoms with Crippen molar-refractivity contribution in [1.29, 1.82) is 0 Å². The summed E-state index contributed by atoms with van der Waals surface area (Å²) in [7, 11) is 1.72. The van der Waals surface area contributed by atoms with Gasteiger partial charge >= 0.3 is 0 Å². The van der Waals surface area contributed by atoms with Gasteiger partial charge in [-0.1, -0.05) is 6.07 Å². The van der Waals surface area contributed by atoms with Gasteiger partial charge in [-0.3, -0.25) is 9.48 Å². The van der Waals surface area contributed by atoms with Crippen molar-refractivity contribution in [1.82, 2.24) is 20.4 Å². The molecule has 1 aliphatic heterocycles. The van der Waals surface area contributed by atoms with Gasteiger partial charge in [0.25, 0.3) is 5.91 Å². The van der Waals surface area contributed by atoms with Gasteiger partial charge in [0.1, 0.15) is 5.69 Å². The monoisotopic (exact) mass is 334 g/mol. The van der Waals surface area contributed by atoms with E-state index in [4.69, 9.17) is 0 Å². The Bertz CT molecular complexity index is 759. The summed E-state index contributed by atoms with van der Waals surface area (Å²) in [6, 6.07) is 5.46. The molecule has 3 rings (SSSR count).